The summed E-state index contributed by atoms with van der Waals surface area (Å²) in [6, 6.07) is 0.588. The molecule has 3 rings (SSSR count). The van der Waals surface area contributed by atoms with Gasteiger partial charge in [-0.05, 0) is 25.4 Å². The number of anilines is 1. The Bertz CT molecular complexity index is 686. The second-order valence-electron chi connectivity index (χ2n) is 5.32. The third-order valence-corrected chi connectivity index (χ3v) is 3.88. The van der Waals surface area contributed by atoms with E-state index >= 15 is 0 Å². The Kier molecular flexibility index (Phi) is 3.86. The van der Waals surface area contributed by atoms with E-state index in [4.69, 9.17) is 23.2 Å². The Labute approximate surface area is 131 Å². The highest BCUT2D eigenvalue weighted by molar-refractivity contribution is 6.30. The van der Waals surface area contributed by atoms with Crippen LogP contribution in [0.25, 0.3) is 10.9 Å². The van der Waals surface area contributed by atoms with Crippen LogP contribution in [0.1, 0.15) is 13.8 Å². The van der Waals surface area contributed by atoms with E-state index in [1.807, 2.05) is 0 Å². The molecule has 5 nitrogen and oxygen atoms in total. The number of nitrogens with one attached hydrogen (secondary N) is 1. The summed E-state index contributed by atoms with van der Waals surface area (Å²) in [5, 5.41) is 3.73. The molecule has 0 aliphatic carbocycles. The fourth-order valence-electron chi connectivity index (χ4n) is 2.73. The maximum atomic E-state index is 14.1. The van der Waals surface area contributed by atoms with Crippen molar-refractivity contribution in [3.05, 3.63) is 22.5 Å². The molecule has 21 heavy (non-hydrogen) atoms. The topological polar surface area (TPSA) is 53.9 Å². The molecule has 0 aromatic carbocycles. The van der Waals surface area contributed by atoms with Gasteiger partial charge < -0.3 is 10.2 Å². The first kappa shape index (κ1) is 14.7. The number of halogens is 3. The first-order valence-electron chi connectivity index (χ1n) is 6.64. The molecule has 0 spiro atoms. The average Bonchev–Trinajstić information content (AvgIpc) is 2.41. The second kappa shape index (κ2) is 5.51. The first-order valence-corrected chi connectivity index (χ1v) is 7.39. The number of piperazine rings is 1. The third kappa shape index (κ3) is 2.75. The van der Waals surface area contributed by atoms with Gasteiger partial charge in [0.25, 0.3) is 0 Å². The standard InChI is InChI=1S/C13H14Cl2FN5/c1-6-4-21(5-7(2)18-6)12-8-3-17-11(14)9(16)10(8)19-13(15)20-12/h3,6-7,18H,4-5H2,1-2H3. The molecule has 2 aromatic rings. The number of fused-ring (bicyclic) bond motifs is 1. The summed E-state index contributed by atoms with van der Waals surface area (Å²) in [6.07, 6.45) is 1.49. The van der Waals surface area contributed by atoms with Crippen LogP contribution in [0.3, 0.4) is 0 Å². The van der Waals surface area contributed by atoms with Crippen LogP contribution >= 0.6 is 23.2 Å². The maximum absolute atomic E-state index is 14.1. The van der Waals surface area contributed by atoms with Gasteiger partial charge in [0.05, 0.1) is 5.39 Å². The van der Waals surface area contributed by atoms with Gasteiger partial charge in [-0.2, -0.15) is 4.98 Å². The van der Waals surface area contributed by atoms with Crippen LogP contribution in [0, 0.1) is 5.82 Å². The highest BCUT2D eigenvalue weighted by Gasteiger charge is 2.25. The van der Waals surface area contributed by atoms with E-state index < -0.39 is 5.82 Å². The van der Waals surface area contributed by atoms with Crippen LogP contribution in [-0.4, -0.2) is 40.1 Å². The predicted octanol–water partition coefficient (Wildman–Crippen LogP) is 2.66. The van der Waals surface area contributed by atoms with Crippen LogP contribution in [-0.2, 0) is 0 Å². The van der Waals surface area contributed by atoms with Crippen LogP contribution in [0.2, 0.25) is 10.4 Å². The molecule has 2 atom stereocenters. The summed E-state index contributed by atoms with van der Waals surface area (Å²) in [7, 11) is 0. The van der Waals surface area contributed by atoms with Gasteiger partial charge in [-0.15, -0.1) is 0 Å². The summed E-state index contributed by atoms with van der Waals surface area (Å²) >= 11 is 11.7. The summed E-state index contributed by atoms with van der Waals surface area (Å²) < 4.78 is 14.1. The molecule has 0 saturated carbocycles. The summed E-state index contributed by atoms with van der Waals surface area (Å²) in [4.78, 5) is 14.1. The van der Waals surface area contributed by atoms with Crippen molar-refractivity contribution in [3.8, 4) is 0 Å². The highest BCUT2D eigenvalue weighted by Crippen LogP contribution is 2.29. The van der Waals surface area contributed by atoms with Crippen molar-refractivity contribution in [2.45, 2.75) is 25.9 Å². The average molecular weight is 330 g/mol. The Morgan fingerprint density at radius 2 is 1.90 bits per heavy atom. The fourth-order valence-corrected chi connectivity index (χ4v) is 3.04. The van der Waals surface area contributed by atoms with Gasteiger partial charge in [0.2, 0.25) is 5.28 Å². The van der Waals surface area contributed by atoms with Crippen molar-refractivity contribution in [1.82, 2.24) is 20.3 Å². The predicted molar refractivity (Wildman–Crippen MR) is 81.6 cm³/mol. The molecule has 1 saturated heterocycles. The summed E-state index contributed by atoms with van der Waals surface area (Å²) in [5.74, 6) is -0.0794. The second-order valence-corrected chi connectivity index (χ2v) is 6.01. The van der Waals surface area contributed by atoms with Gasteiger partial charge in [-0.25, -0.2) is 14.4 Å². The minimum atomic E-state index is -0.670. The number of aromatic nitrogens is 3. The molecule has 2 unspecified atom stereocenters. The molecule has 1 aliphatic rings. The minimum absolute atomic E-state index is 0.00231. The first-order chi connectivity index (χ1) is 9.95. The largest absolute Gasteiger partial charge is 0.353 e. The van der Waals surface area contributed by atoms with Crippen molar-refractivity contribution in [2.75, 3.05) is 18.0 Å². The molecule has 112 valence electrons. The molecule has 1 N–H and O–H groups in total. The molecule has 8 heteroatoms. The number of hydrogen-bond donors (Lipinski definition) is 1. The van der Waals surface area contributed by atoms with E-state index in [1.54, 1.807) is 0 Å². The highest BCUT2D eigenvalue weighted by atomic mass is 35.5. The summed E-state index contributed by atoms with van der Waals surface area (Å²) in [5.41, 5.74) is 0.101. The maximum Gasteiger partial charge on any atom is 0.225 e. The van der Waals surface area contributed by atoms with E-state index in [2.05, 4.69) is 39.0 Å². The quantitative estimate of drug-likeness (QED) is 0.644. The number of hydrogen-bond acceptors (Lipinski definition) is 5. The van der Waals surface area contributed by atoms with E-state index in [-0.39, 0.29) is 16.0 Å². The Balaban J connectivity index is 2.16. The SMILES string of the molecule is CC1CN(c2nc(Cl)nc3c(F)c(Cl)ncc23)CC(C)N1. The lowest BCUT2D eigenvalue weighted by atomic mass is 10.1. The van der Waals surface area contributed by atoms with Gasteiger partial charge in [0, 0.05) is 31.4 Å². The zero-order valence-corrected chi connectivity index (χ0v) is 13.1. The molecule has 3 heterocycles. The lowest BCUT2D eigenvalue weighted by molar-refractivity contribution is 0.406. The van der Waals surface area contributed by atoms with E-state index in [1.165, 1.54) is 6.20 Å². The van der Waals surface area contributed by atoms with Crippen molar-refractivity contribution < 1.29 is 4.39 Å². The van der Waals surface area contributed by atoms with Crippen LogP contribution in [0.5, 0.6) is 0 Å². The van der Waals surface area contributed by atoms with Crippen molar-refractivity contribution in [3.63, 3.8) is 0 Å². The molecule has 0 bridgehead atoms. The Morgan fingerprint density at radius 1 is 1.24 bits per heavy atom. The number of pyridine rings is 1. The van der Waals surface area contributed by atoms with Crippen LogP contribution in [0.4, 0.5) is 10.2 Å². The fraction of sp³-hybridized carbons (Fsp3) is 0.462. The summed E-state index contributed by atoms with van der Waals surface area (Å²) in [6.45, 7) is 5.67. The normalized spacial score (nSPS) is 22.8. The molecule has 0 amide bonds. The monoisotopic (exact) mass is 329 g/mol. The molecular weight excluding hydrogens is 316 g/mol. The Morgan fingerprint density at radius 3 is 2.57 bits per heavy atom. The molecule has 0 radical (unpaired) electrons. The van der Waals surface area contributed by atoms with Gasteiger partial charge >= 0.3 is 0 Å². The zero-order valence-electron chi connectivity index (χ0n) is 11.6. The molecule has 1 fully saturated rings. The Hall–Kier alpha value is -1.24. The lowest BCUT2D eigenvalue weighted by Gasteiger charge is -2.37. The number of nitrogens with zero attached hydrogens (tertiary/aromatic N) is 4. The van der Waals surface area contributed by atoms with Crippen LogP contribution < -0.4 is 10.2 Å². The molecule has 1 aliphatic heterocycles. The van der Waals surface area contributed by atoms with Gasteiger partial charge in [-0.1, -0.05) is 11.6 Å². The van der Waals surface area contributed by atoms with Crippen LogP contribution in [0.15, 0.2) is 6.20 Å². The van der Waals surface area contributed by atoms with Crippen molar-refractivity contribution >= 4 is 39.9 Å². The van der Waals surface area contributed by atoms with Gasteiger partial charge in [0.1, 0.15) is 11.3 Å². The number of rotatable bonds is 1. The zero-order chi connectivity index (χ0) is 15.1. The molecule has 2 aromatic heterocycles. The van der Waals surface area contributed by atoms with E-state index in [9.17, 15) is 4.39 Å². The third-order valence-electron chi connectivity index (χ3n) is 3.45. The minimum Gasteiger partial charge on any atom is -0.353 e. The smallest absolute Gasteiger partial charge is 0.225 e. The van der Waals surface area contributed by atoms with Gasteiger partial charge in [-0.3, -0.25) is 0 Å². The van der Waals surface area contributed by atoms with Crippen molar-refractivity contribution in [1.29, 1.82) is 0 Å². The van der Waals surface area contributed by atoms with Crippen molar-refractivity contribution in [2.24, 2.45) is 0 Å². The van der Waals surface area contributed by atoms with E-state index in [0.29, 0.717) is 23.3 Å². The van der Waals surface area contributed by atoms with Gasteiger partial charge in [0.15, 0.2) is 11.0 Å². The lowest BCUT2D eigenvalue weighted by Crippen LogP contribution is -2.54. The molecular formula is C13H14Cl2FN5. The van der Waals surface area contributed by atoms with E-state index in [0.717, 1.165) is 13.1 Å².